The minimum absolute atomic E-state index is 0.0613. The third kappa shape index (κ3) is 2.26. The molecule has 16 heavy (non-hydrogen) atoms. The van der Waals surface area contributed by atoms with E-state index in [2.05, 4.69) is 10.9 Å². The predicted molar refractivity (Wildman–Crippen MR) is 62.3 cm³/mol. The molecule has 1 heterocycles. The summed E-state index contributed by atoms with van der Waals surface area (Å²) in [5.74, 6) is 1.84. The van der Waals surface area contributed by atoms with Gasteiger partial charge in [-0.05, 0) is 13.3 Å². The molecule has 4 nitrogen and oxygen atoms in total. The number of nitrogens with zero attached hydrogens (tertiary/aromatic N) is 2. The van der Waals surface area contributed by atoms with E-state index in [4.69, 9.17) is 23.1 Å². The van der Waals surface area contributed by atoms with Gasteiger partial charge in [0.25, 0.3) is 0 Å². The van der Waals surface area contributed by atoms with E-state index in [1.165, 1.54) is 4.57 Å². The molecule has 1 rings (SSSR count). The first-order valence-corrected chi connectivity index (χ1v) is 5.04. The van der Waals surface area contributed by atoms with Crippen LogP contribution in [0, 0.1) is 19.3 Å². The quantitative estimate of drug-likeness (QED) is 0.823. The van der Waals surface area contributed by atoms with E-state index in [9.17, 15) is 4.79 Å². The molecule has 0 saturated carbocycles. The highest BCUT2D eigenvalue weighted by molar-refractivity contribution is 6.32. The number of rotatable bonds is 3. The highest BCUT2D eigenvalue weighted by Gasteiger charge is 2.17. The van der Waals surface area contributed by atoms with Crippen LogP contribution < -0.4 is 0 Å². The third-order valence-electron chi connectivity index (χ3n) is 2.08. The Labute approximate surface area is 98.6 Å². The summed E-state index contributed by atoms with van der Waals surface area (Å²) in [6, 6.07) is 0. The molecular formula is C11H11ClN2O2. The van der Waals surface area contributed by atoms with Gasteiger partial charge in [-0.15, -0.1) is 6.42 Å². The summed E-state index contributed by atoms with van der Waals surface area (Å²) in [6.45, 7) is 3.57. The smallest absolute Gasteiger partial charge is 0.357 e. The molecule has 0 aliphatic carbocycles. The van der Waals surface area contributed by atoms with E-state index >= 15 is 0 Å². The summed E-state index contributed by atoms with van der Waals surface area (Å²) in [5.41, 5.74) is 0.558. The topological polar surface area (TPSA) is 55.1 Å². The lowest BCUT2D eigenvalue weighted by atomic mass is 10.2. The first-order chi connectivity index (χ1) is 7.51. The summed E-state index contributed by atoms with van der Waals surface area (Å²) in [4.78, 5) is 14.6. The summed E-state index contributed by atoms with van der Waals surface area (Å²) in [7, 11) is 0. The van der Waals surface area contributed by atoms with Crippen molar-refractivity contribution in [3.8, 4) is 12.3 Å². The van der Waals surface area contributed by atoms with Crippen molar-refractivity contribution in [2.75, 3.05) is 0 Å². The molecule has 0 spiro atoms. The molecule has 0 aromatic carbocycles. The molecule has 0 unspecified atom stereocenters. The van der Waals surface area contributed by atoms with Crippen LogP contribution in [-0.4, -0.2) is 20.6 Å². The van der Waals surface area contributed by atoms with E-state index in [-0.39, 0.29) is 10.8 Å². The van der Waals surface area contributed by atoms with Crippen molar-refractivity contribution in [1.29, 1.82) is 0 Å². The second-order valence-electron chi connectivity index (χ2n) is 3.13. The number of imidazole rings is 1. The average Bonchev–Trinajstić information content (AvgIpc) is 2.52. The van der Waals surface area contributed by atoms with Crippen LogP contribution in [0.1, 0.15) is 29.7 Å². The van der Waals surface area contributed by atoms with Crippen molar-refractivity contribution in [1.82, 2.24) is 9.55 Å². The molecule has 84 valence electrons. The zero-order valence-electron chi connectivity index (χ0n) is 8.99. The lowest BCUT2D eigenvalue weighted by molar-refractivity contribution is 0.0691. The van der Waals surface area contributed by atoms with Gasteiger partial charge in [0.2, 0.25) is 0 Å². The summed E-state index contributed by atoms with van der Waals surface area (Å²) in [6.07, 6.45) is 7.58. The Morgan fingerprint density at radius 3 is 2.75 bits per heavy atom. The normalized spacial score (nSPS) is 11.2. The standard InChI is InChI=1S/C11H11ClN2O2/c1-4-8(5-2)6-14-7(3)13-9(10(14)12)11(15)16/h1,6H,5H2,2-3H3,(H,15,16)/b8-6+. The third-order valence-corrected chi connectivity index (χ3v) is 2.44. The fourth-order valence-corrected chi connectivity index (χ4v) is 1.48. The van der Waals surface area contributed by atoms with Crippen molar-refractivity contribution in [3.05, 3.63) is 22.2 Å². The van der Waals surface area contributed by atoms with Crippen LogP contribution in [0.2, 0.25) is 5.15 Å². The Morgan fingerprint density at radius 1 is 1.75 bits per heavy atom. The Morgan fingerprint density at radius 2 is 2.38 bits per heavy atom. The largest absolute Gasteiger partial charge is 0.476 e. The zero-order valence-corrected chi connectivity index (χ0v) is 9.75. The van der Waals surface area contributed by atoms with Crippen molar-refractivity contribution >= 4 is 23.8 Å². The number of hydrogen-bond donors (Lipinski definition) is 1. The van der Waals surface area contributed by atoms with Gasteiger partial charge in [-0.2, -0.15) is 0 Å². The lowest BCUT2D eigenvalue weighted by Crippen LogP contribution is -1.97. The first-order valence-electron chi connectivity index (χ1n) is 4.66. The van der Waals surface area contributed by atoms with Gasteiger partial charge < -0.3 is 5.11 Å². The highest BCUT2D eigenvalue weighted by atomic mass is 35.5. The van der Waals surface area contributed by atoms with Crippen LogP contribution in [0.25, 0.3) is 6.20 Å². The number of carboxylic acid groups (broad SMARTS) is 1. The maximum atomic E-state index is 10.8. The fraction of sp³-hybridized carbons (Fsp3) is 0.273. The SMILES string of the molecule is C#C/C(=C\n1c(C)nc(C(=O)O)c1Cl)CC. The molecule has 1 N–H and O–H groups in total. The fourth-order valence-electron chi connectivity index (χ4n) is 1.19. The van der Waals surface area contributed by atoms with E-state index in [0.29, 0.717) is 12.2 Å². The second kappa shape index (κ2) is 4.86. The van der Waals surface area contributed by atoms with Gasteiger partial charge in [-0.1, -0.05) is 24.4 Å². The van der Waals surface area contributed by atoms with Gasteiger partial charge in [0.1, 0.15) is 11.0 Å². The zero-order chi connectivity index (χ0) is 12.3. The number of hydrogen-bond acceptors (Lipinski definition) is 2. The molecule has 0 bridgehead atoms. The summed E-state index contributed by atoms with van der Waals surface area (Å²) < 4.78 is 1.48. The van der Waals surface area contributed by atoms with E-state index in [1.54, 1.807) is 13.1 Å². The van der Waals surface area contributed by atoms with E-state index in [1.807, 2.05) is 6.92 Å². The second-order valence-corrected chi connectivity index (χ2v) is 3.48. The lowest BCUT2D eigenvalue weighted by Gasteiger charge is -2.00. The molecule has 0 fully saturated rings. The molecule has 5 heteroatoms. The number of carboxylic acids is 1. The Kier molecular flexibility index (Phi) is 3.75. The molecular weight excluding hydrogens is 228 g/mol. The summed E-state index contributed by atoms with van der Waals surface area (Å²) in [5, 5.41) is 8.89. The Bertz CT molecular complexity index is 495. The number of terminal acetylenes is 1. The molecule has 0 atom stereocenters. The summed E-state index contributed by atoms with van der Waals surface area (Å²) >= 11 is 5.89. The molecule has 0 radical (unpaired) electrons. The Balaban J connectivity index is 3.31. The van der Waals surface area contributed by atoms with Crippen LogP contribution in [0.5, 0.6) is 0 Å². The molecule has 0 aliphatic rings. The number of aromatic nitrogens is 2. The highest BCUT2D eigenvalue weighted by Crippen LogP contribution is 2.19. The van der Waals surface area contributed by atoms with Gasteiger partial charge in [0, 0.05) is 11.8 Å². The Hall–Kier alpha value is -1.73. The number of halogens is 1. The van der Waals surface area contributed by atoms with E-state index < -0.39 is 5.97 Å². The number of aryl methyl sites for hydroxylation is 1. The maximum absolute atomic E-state index is 10.8. The van der Waals surface area contributed by atoms with Crippen molar-refractivity contribution in [3.63, 3.8) is 0 Å². The van der Waals surface area contributed by atoms with Gasteiger partial charge in [0.15, 0.2) is 5.69 Å². The first kappa shape index (κ1) is 12.3. The van der Waals surface area contributed by atoms with Crippen LogP contribution in [0.15, 0.2) is 5.57 Å². The van der Waals surface area contributed by atoms with Crippen LogP contribution in [0.3, 0.4) is 0 Å². The number of aromatic carboxylic acids is 1. The number of carbonyl (C=O) groups is 1. The minimum atomic E-state index is -1.15. The van der Waals surface area contributed by atoms with Crippen LogP contribution in [0.4, 0.5) is 0 Å². The monoisotopic (exact) mass is 238 g/mol. The molecule has 0 amide bonds. The van der Waals surface area contributed by atoms with Gasteiger partial charge in [-0.3, -0.25) is 4.57 Å². The average molecular weight is 239 g/mol. The van der Waals surface area contributed by atoms with E-state index in [0.717, 1.165) is 5.57 Å². The number of allylic oxidation sites excluding steroid dienone is 1. The van der Waals surface area contributed by atoms with Crippen LogP contribution in [-0.2, 0) is 0 Å². The molecule has 1 aromatic heterocycles. The minimum Gasteiger partial charge on any atom is -0.476 e. The molecule has 0 saturated heterocycles. The van der Waals surface area contributed by atoms with Crippen molar-refractivity contribution < 1.29 is 9.90 Å². The van der Waals surface area contributed by atoms with Crippen molar-refractivity contribution in [2.45, 2.75) is 20.3 Å². The predicted octanol–water partition coefficient (Wildman–Crippen LogP) is 2.43. The van der Waals surface area contributed by atoms with Crippen LogP contribution >= 0.6 is 11.6 Å². The van der Waals surface area contributed by atoms with Gasteiger partial charge >= 0.3 is 5.97 Å². The van der Waals surface area contributed by atoms with Crippen molar-refractivity contribution in [2.24, 2.45) is 0 Å². The van der Waals surface area contributed by atoms with Gasteiger partial charge in [0.05, 0.1) is 0 Å². The molecule has 1 aromatic rings. The molecule has 0 aliphatic heterocycles. The van der Waals surface area contributed by atoms with Gasteiger partial charge in [-0.25, -0.2) is 9.78 Å². The maximum Gasteiger partial charge on any atom is 0.357 e.